The third-order valence-corrected chi connectivity index (χ3v) is 4.86. The number of benzene rings is 1. The Labute approximate surface area is 145 Å². The molecule has 2 aliphatic rings. The molecule has 4 nitrogen and oxygen atoms in total. The van der Waals surface area contributed by atoms with Crippen molar-refractivity contribution in [1.82, 2.24) is 9.97 Å². The minimum absolute atomic E-state index is 0.328. The molecule has 0 radical (unpaired) electrons. The second-order valence-electron chi connectivity index (χ2n) is 6.65. The van der Waals surface area contributed by atoms with E-state index in [1.165, 1.54) is 25.0 Å². The Morgan fingerprint density at radius 1 is 1.04 bits per heavy atom. The van der Waals surface area contributed by atoms with Crippen LogP contribution in [0.2, 0.25) is 5.02 Å². The van der Waals surface area contributed by atoms with Crippen LogP contribution in [-0.4, -0.2) is 16.0 Å². The lowest BCUT2D eigenvalue weighted by Gasteiger charge is -2.15. The van der Waals surface area contributed by atoms with E-state index in [0.717, 1.165) is 31.4 Å². The van der Waals surface area contributed by atoms with Gasteiger partial charge in [-0.1, -0.05) is 24.4 Å². The molecule has 0 spiro atoms. The van der Waals surface area contributed by atoms with Gasteiger partial charge in [0, 0.05) is 23.0 Å². The molecule has 0 aliphatic heterocycles. The van der Waals surface area contributed by atoms with Crippen molar-refractivity contribution < 1.29 is 4.39 Å². The Balaban J connectivity index is 1.61. The van der Waals surface area contributed by atoms with Gasteiger partial charge in [-0.15, -0.1) is 0 Å². The maximum Gasteiger partial charge on any atom is 0.225 e. The Kier molecular flexibility index (Phi) is 4.27. The molecule has 0 bridgehead atoms. The second-order valence-corrected chi connectivity index (χ2v) is 7.09. The fraction of sp³-hybridized carbons (Fsp3) is 0.444. The van der Waals surface area contributed by atoms with E-state index in [-0.39, 0.29) is 5.82 Å². The lowest BCUT2D eigenvalue weighted by molar-refractivity contribution is 0.632. The summed E-state index contributed by atoms with van der Waals surface area (Å²) in [5, 5.41) is 6.97. The van der Waals surface area contributed by atoms with Crippen LogP contribution in [0.1, 0.15) is 50.1 Å². The van der Waals surface area contributed by atoms with E-state index >= 15 is 0 Å². The van der Waals surface area contributed by atoms with Crippen LogP contribution in [0.5, 0.6) is 0 Å². The lowest BCUT2D eigenvalue weighted by atomic mass is 10.2. The van der Waals surface area contributed by atoms with E-state index in [2.05, 4.69) is 20.6 Å². The molecule has 4 rings (SSSR count). The van der Waals surface area contributed by atoms with Gasteiger partial charge < -0.3 is 10.6 Å². The first kappa shape index (κ1) is 15.6. The summed E-state index contributed by atoms with van der Waals surface area (Å²) < 4.78 is 14.0. The van der Waals surface area contributed by atoms with Crippen LogP contribution in [0.25, 0.3) is 0 Å². The first-order chi connectivity index (χ1) is 11.7. The summed E-state index contributed by atoms with van der Waals surface area (Å²) in [6, 6.07) is 6.81. The minimum atomic E-state index is -0.351. The molecule has 2 N–H and O–H groups in total. The second kappa shape index (κ2) is 6.55. The molecule has 1 aromatic carbocycles. The van der Waals surface area contributed by atoms with E-state index in [1.54, 1.807) is 6.07 Å². The van der Waals surface area contributed by atoms with Gasteiger partial charge in [-0.25, -0.2) is 9.37 Å². The molecule has 2 aromatic rings. The molecule has 6 heteroatoms. The molecule has 1 aromatic heterocycles. The molecule has 0 amide bonds. The molecule has 0 saturated heterocycles. The maximum atomic E-state index is 14.0. The van der Waals surface area contributed by atoms with Crippen LogP contribution in [0.15, 0.2) is 24.3 Å². The fourth-order valence-electron chi connectivity index (χ4n) is 3.17. The molecule has 126 valence electrons. The summed E-state index contributed by atoms with van der Waals surface area (Å²) >= 11 is 5.97. The van der Waals surface area contributed by atoms with Crippen molar-refractivity contribution in [3.05, 3.63) is 40.8 Å². The quantitative estimate of drug-likeness (QED) is 0.776. The van der Waals surface area contributed by atoms with E-state index in [1.807, 2.05) is 6.07 Å². The highest BCUT2D eigenvalue weighted by molar-refractivity contribution is 6.30. The van der Waals surface area contributed by atoms with Crippen molar-refractivity contribution in [2.24, 2.45) is 0 Å². The Morgan fingerprint density at radius 2 is 1.83 bits per heavy atom. The first-order valence-electron chi connectivity index (χ1n) is 8.55. The molecular formula is C18H20ClFN4. The molecule has 24 heavy (non-hydrogen) atoms. The smallest absolute Gasteiger partial charge is 0.225 e. The third-order valence-electron chi connectivity index (χ3n) is 4.62. The average molecular weight is 347 g/mol. The number of hydrogen-bond acceptors (Lipinski definition) is 4. The van der Waals surface area contributed by atoms with Crippen molar-refractivity contribution in [3.63, 3.8) is 0 Å². The van der Waals surface area contributed by atoms with E-state index in [4.69, 9.17) is 11.6 Å². The van der Waals surface area contributed by atoms with Gasteiger partial charge in [-0.2, -0.15) is 4.98 Å². The van der Waals surface area contributed by atoms with Crippen LogP contribution in [0, 0.1) is 5.82 Å². The summed E-state index contributed by atoms with van der Waals surface area (Å²) in [5.74, 6) is 1.39. The Morgan fingerprint density at radius 3 is 2.58 bits per heavy atom. The predicted octanol–water partition coefficient (Wildman–Crippen LogP) is 5.24. The number of halogens is 2. The number of hydrogen-bond donors (Lipinski definition) is 2. The van der Waals surface area contributed by atoms with Gasteiger partial charge in [0.1, 0.15) is 11.6 Å². The monoisotopic (exact) mass is 346 g/mol. The third kappa shape index (κ3) is 3.61. The topological polar surface area (TPSA) is 49.8 Å². The van der Waals surface area contributed by atoms with Gasteiger partial charge in [0.15, 0.2) is 0 Å². The van der Waals surface area contributed by atoms with Gasteiger partial charge in [0.05, 0.1) is 11.4 Å². The summed E-state index contributed by atoms with van der Waals surface area (Å²) in [5.41, 5.74) is 1.35. The number of aromatic nitrogens is 2. The van der Waals surface area contributed by atoms with Gasteiger partial charge in [0.2, 0.25) is 5.95 Å². The van der Waals surface area contributed by atoms with E-state index in [0.29, 0.717) is 34.4 Å². The van der Waals surface area contributed by atoms with Crippen LogP contribution in [0.4, 0.5) is 21.8 Å². The van der Waals surface area contributed by atoms with Crippen LogP contribution < -0.4 is 10.6 Å². The highest BCUT2D eigenvalue weighted by Crippen LogP contribution is 2.40. The average Bonchev–Trinajstić information content (AvgIpc) is 3.29. The summed E-state index contributed by atoms with van der Waals surface area (Å²) in [6.45, 7) is 0. The van der Waals surface area contributed by atoms with Gasteiger partial charge in [-0.3, -0.25) is 0 Å². The van der Waals surface area contributed by atoms with Crippen molar-refractivity contribution in [2.45, 2.75) is 50.5 Å². The van der Waals surface area contributed by atoms with Crippen LogP contribution >= 0.6 is 11.6 Å². The maximum absolute atomic E-state index is 14.0. The van der Waals surface area contributed by atoms with Crippen molar-refractivity contribution in [3.8, 4) is 0 Å². The fourth-order valence-corrected chi connectivity index (χ4v) is 3.34. The van der Waals surface area contributed by atoms with Gasteiger partial charge >= 0.3 is 0 Å². The Bertz CT molecular complexity index is 742. The summed E-state index contributed by atoms with van der Waals surface area (Å²) in [6.07, 6.45) is 7.12. The van der Waals surface area contributed by atoms with Gasteiger partial charge in [0.25, 0.3) is 0 Å². The zero-order valence-electron chi connectivity index (χ0n) is 13.4. The van der Waals surface area contributed by atoms with Crippen LogP contribution in [0.3, 0.4) is 0 Å². The molecule has 2 saturated carbocycles. The van der Waals surface area contributed by atoms with E-state index < -0.39 is 0 Å². The zero-order valence-corrected chi connectivity index (χ0v) is 14.1. The normalized spacial score (nSPS) is 17.9. The highest BCUT2D eigenvalue weighted by Gasteiger charge is 2.27. The first-order valence-corrected chi connectivity index (χ1v) is 8.93. The lowest BCUT2D eigenvalue weighted by Crippen LogP contribution is -2.17. The number of anilines is 3. The Hall–Kier alpha value is -1.88. The standard InChI is InChI=1S/C18H20ClFN4/c19-12-7-8-14(20)16(9-12)22-17-10-15(11-5-6-11)23-18(24-17)21-13-3-1-2-4-13/h7-11,13H,1-6H2,(H2,21,22,23,24). The zero-order chi connectivity index (χ0) is 16.5. The highest BCUT2D eigenvalue weighted by atomic mass is 35.5. The molecule has 0 atom stereocenters. The predicted molar refractivity (Wildman–Crippen MR) is 94.6 cm³/mol. The number of rotatable bonds is 5. The van der Waals surface area contributed by atoms with Gasteiger partial charge in [-0.05, 0) is 43.9 Å². The molecule has 0 unspecified atom stereocenters. The summed E-state index contributed by atoms with van der Waals surface area (Å²) in [7, 11) is 0. The molecule has 1 heterocycles. The largest absolute Gasteiger partial charge is 0.351 e. The summed E-state index contributed by atoms with van der Waals surface area (Å²) in [4.78, 5) is 9.19. The molecular weight excluding hydrogens is 327 g/mol. The van der Waals surface area contributed by atoms with E-state index in [9.17, 15) is 4.39 Å². The van der Waals surface area contributed by atoms with Crippen molar-refractivity contribution in [1.29, 1.82) is 0 Å². The number of nitrogens with zero attached hydrogens (tertiary/aromatic N) is 2. The van der Waals surface area contributed by atoms with Crippen molar-refractivity contribution in [2.75, 3.05) is 10.6 Å². The number of nitrogens with one attached hydrogen (secondary N) is 2. The molecule has 2 fully saturated rings. The van der Waals surface area contributed by atoms with Crippen molar-refractivity contribution >= 4 is 29.1 Å². The molecule has 2 aliphatic carbocycles. The SMILES string of the molecule is Fc1ccc(Cl)cc1Nc1cc(C2CC2)nc(NC2CCCC2)n1. The van der Waals surface area contributed by atoms with Crippen LogP contribution in [-0.2, 0) is 0 Å². The minimum Gasteiger partial charge on any atom is -0.351 e.